The van der Waals surface area contributed by atoms with E-state index in [1.165, 1.54) is 0 Å². The first-order valence-electron chi connectivity index (χ1n) is 6.52. The van der Waals surface area contributed by atoms with Gasteiger partial charge in [0.15, 0.2) is 0 Å². The van der Waals surface area contributed by atoms with Crippen LogP contribution in [0.2, 0.25) is 0 Å². The first-order chi connectivity index (χ1) is 8.33. The van der Waals surface area contributed by atoms with Crippen molar-refractivity contribution in [2.45, 2.75) is 25.8 Å². The first kappa shape index (κ1) is 18.7. The van der Waals surface area contributed by atoms with Gasteiger partial charge in [0.05, 0.1) is 0 Å². The van der Waals surface area contributed by atoms with Gasteiger partial charge in [-0.15, -0.1) is 24.8 Å². The van der Waals surface area contributed by atoms with Crippen molar-refractivity contribution < 1.29 is 4.39 Å². The second-order valence-corrected chi connectivity index (χ2v) is 4.61. The van der Waals surface area contributed by atoms with Crippen LogP contribution in [0.3, 0.4) is 0 Å². The molecule has 19 heavy (non-hydrogen) atoms. The SMILES string of the molecule is CCC[C@H](c1ccccc1F)N1CCNCC1.Cl.Cl. The summed E-state index contributed by atoms with van der Waals surface area (Å²) < 4.78 is 13.9. The molecule has 1 aliphatic heterocycles. The molecule has 1 atom stereocenters. The van der Waals surface area contributed by atoms with Gasteiger partial charge in [0.2, 0.25) is 0 Å². The van der Waals surface area contributed by atoms with Gasteiger partial charge in [0.25, 0.3) is 0 Å². The highest BCUT2D eigenvalue weighted by atomic mass is 35.5. The number of hydrogen-bond acceptors (Lipinski definition) is 2. The zero-order valence-corrected chi connectivity index (χ0v) is 12.9. The summed E-state index contributed by atoms with van der Waals surface area (Å²) in [5, 5.41) is 3.34. The molecule has 0 spiro atoms. The molecule has 1 aromatic carbocycles. The molecule has 2 rings (SSSR count). The molecule has 0 aliphatic carbocycles. The summed E-state index contributed by atoms with van der Waals surface area (Å²) in [6, 6.07) is 7.43. The van der Waals surface area contributed by atoms with E-state index in [-0.39, 0.29) is 36.7 Å². The van der Waals surface area contributed by atoms with Crippen molar-refractivity contribution in [2.75, 3.05) is 26.2 Å². The van der Waals surface area contributed by atoms with E-state index in [2.05, 4.69) is 17.1 Å². The number of rotatable bonds is 4. The third-order valence-corrected chi connectivity index (χ3v) is 3.42. The first-order valence-corrected chi connectivity index (χ1v) is 6.52. The Morgan fingerprint density at radius 2 is 1.84 bits per heavy atom. The van der Waals surface area contributed by atoms with Crippen molar-refractivity contribution in [3.8, 4) is 0 Å². The Morgan fingerprint density at radius 3 is 2.42 bits per heavy atom. The van der Waals surface area contributed by atoms with E-state index in [9.17, 15) is 4.39 Å². The van der Waals surface area contributed by atoms with Crippen LogP contribution in [0.25, 0.3) is 0 Å². The monoisotopic (exact) mass is 308 g/mol. The average molecular weight is 309 g/mol. The number of piperazine rings is 1. The zero-order valence-electron chi connectivity index (χ0n) is 11.3. The summed E-state index contributed by atoms with van der Waals surface area (Å²) in [5.41, 5.74) is 0.858. The van der Waals surface area contributed by atoms with E-state index in [4.69, 9.17) is 0 Å². The predicted molar refractivity (Wildman–Crippen MR) is 83.0 cm³/mol. The Kier molecular flexibility index (Phi) is 9.36. The largest absolute Gasteiger partial charge is 0.314 e. The van der Waals surface area contributed by atoms with E-state index in [0.717, 1.165) is 44.6 Å². The van der Waals surface area contributed by atoms with Crippen LogP contribution in [0, 0.1) is 5.82 Å². The van der Waals surface area contributed by atoms with Crippen LogP contribution in [-0.4, -0.2) is 31.1 Å². The van der Waals surface area contributed by atoms with Crippen LogP contribution in [0.5, 0.6) is 0 Å². The molecule has 0 radical (unpaired) electrons. The van der Waals surface area contributed by atoms with E-state index < -0.39 is 0 Å². The molecule has 1 aliphatic rings. The van der Waals surface area contributed by atoms with Crippen LogP contribution in [0.1, 0.15) is 31.4 Å². The molecule has 1 N–H and O–H groups in total. The topological polar surface area (TPSA) is 15.3 Å². The normalized spacial score (nSPS) is 17.2. The minimum Gasteiger partial charge on any atom is -0.314 e. The maximum Gasteiger partial charge on any atom is 0.127 e. The molecule has 0 bridgehead atoms. The van der Waals surface area contributed by atoms with Gasteiger partial charge in [-0.3, -0.25) is 4.90 Å². The van der Waals surface area contributed by atoms with Gasteiger partial charge in [-0.25, -0.2) is 4.39 Å². The number of benzene rings is 1. The Hall–Kier alpha value is -0.350. The smallest absolute Gasteiger partial charge is 0.127 e. The van der Waals surface area contributed by atoms with Crippen LogP contribution in [0.4, 0.5) is 4.39 Å². The molecule has 0 unspecified atom stereocenters. The van der Waals surface area contributed by atoms with Gasteiger partial charge in [-0.1, -0.05) is 31.5 Å². The van der Waals surface area contributed by atoms with Gasteiger partial charge in [0.1, 0.15) is 5.82 Å². The van der Waals surface area contributed by atoms with E-state index >= 15 is 0 Å². The quantitative estimate of drug-likeness (QED) is 0.917. The molecule has 1 heterocycles. The number of nitrogens with one attached hydrogen (secondary N) is 1. The highest BCUT2D eigenvalue weighted by molar-refractivity contribution is 5.85. The van der Waals surface area contributed by atoms with E-state index in [1.54, 1.807) is 12.1 Å². The van der Waals surface area contributed by atoms with Crippen LogP contribution < -0.4 is 5.32 Å². The lowest BCUT2D eigenvalue weighted by Crippen LogP contribution is -2.45. The molecular formula is C14H23Cl2FN2. The zero-order chi connectivity index (χ0) is 12.1. The highest BCUT2D eigenvalue weighted by Crippen LogP contribution is 2.27. The molecule has 0 amide bonds. The van der Waals surface area contributed by atoms with Crippen molar-refractivity contribution in [3.63, 3.8) is 0 Å². The second kappa shape index (κ2) is 9.54. The molecular weight excluding hydrogens is 286 g/mol. The van der Waals surface area contributed by atoms with Crippen molar-refractivity contribution in [1.82, 2.24) is 10.2 Å². The summed E-state index contributed by atoms with van der Waals surface area (Å²) >= 11 is 0. The summed E-state index contributed by atoms with van der Waals surface area (Å²) in [6.07, 6.45) is 2.11. The minimum absolute atomic E-state index is 0. The average Bonchev–Trinajstić information content (AvgIpc) is 2.38. The molecule has 110 valence electrons. The molecule has 5 heteroatoms. The van der Waals surface area contributed by atoms with Crippen LogP contribution in [0.15, 0.2) is 24.3 Å². The summed E-state index contributed by atoms with van der Waals surface area (Å²) in [4.78, 5) is 2.40. The van der Waals surface area contributed by atoms with Gasteiger partial charge >= 0.3 is 0 Å². The minimum atomic E-state index is -0.0653. The lowest BCUT2D eigenvalue weighted by Gasteiger charge is -2.35. The molecule has 1 aromatic rings. The Morgan fingerprint density at radius 1 is 1.21 bits per heavy atom. The molecule has 0 aromatic heterocycles. The summed E-state index contributed by atoms with van der Waals surface area (Å²) in [5.74, 6) is -0.0653. The van der Waals surface area contributed by atoms with Crippen molar-refractivity contribution in [1.29, 1.82) is 0 Å². The second-order valence-electron chi connectivity index (χ2n) is 4.61. The number of halogens is 3. The third-order valence-electron chi connectivity index (χ3n) is 3.42. The van der Waals surface area contributed by atoms with Gasteiger partial charge in [-0.05, 0) is 12.5 Å². The summed E-state index contributed by atoms with van der Waals surface area (Å²) in [6.45, 7) is 6.21. The Balaban J connectivity index is 0.00000162. The molecule has 1 saturated heterocycles. The van der Waals surface area contributed by atoms with Crippen LogP contribution >= 0.6 is 24.8 Å². The third kappa shape index (κ3) is 4.92. The molecule has 2 nitrogen and oxygen atoms in total. The maximum absolute atomic E-state index is 13.9. The van der Waals surface area contributed by atoms with Crippen LogP contribution in [-0.2, 0) is 0 Å². The lowest BCUT2D eigenvalue weighted by molar-refractivity contribution is 0.161. The van der Waals surface area contributed by atoms with E-state index in [1.807, 2.05) is 12.1 Å². The number of hydrogen-bond donors (Lipinski definition) is 1. The molecule has 1 fully saturated rings. The van der Waals surface area contributed by atoms with Gasteiger partial charge in [-0.2, -0.15) is 0 Å². The lowest BCUT2D eigenvalue weighted by atomic mass is 9.99. The fourth-order valence-electron chi connectivity index (χ4n) is 2.55. The Labute approximate surface area is 127 Å². The maximum atomic E-state index is 13.9. The van der Waals surface area contributed by atoms with Crippen molar-refractivity contribution >= 4 is 24.8 Å². The molecule has 0 saturated carbocycles. The number of nitrogens with zero attached hydrogens (tertiary/aromatic N) is 1. The van der Waals surface area contributed by atoms with Crippen molar-refractivity contribution in [3.05, 3.63) is 35.6 Å². The van der Waals surface area contributed by atoms with Gasteiger partial charge in [0, 0.05) is 37.8 Å². The fourth-order valence-corrected chi connectivity index (χ4v) is 2.55. The van der Waals surface area contributed by atoms with E-state index in [0.29, 0.717) is 0 Å². The standard InChI is InChI=1S/C14H21FN2.2ClH/c1-2-5-14(17-10-8-16-9-11-17)12-6-3-4-7-13(12)15;;/h3-4,6-7,14,16H,2,5,8-11H2,1H3;2*1H/t14-;;/m1../s1. The summed E-state index contributed by atoms with van der Waals surface area (Å²) in [7, 11) is 0. The van der Waals surface area contributed by atoms with Crippen molar-refractivity contribution in [2.24, 2.45) is 0 Å². The predicted octanol–water partition coefficient (Wildman–Crippen LogP) is 3.42. The Bertz CT molecular complexity index is 357. The highest BCUT2D eigenvalue weighted by Gasteiger charge is 2.23. The van der Waals surface area contributed by atoms with Gasteiger partial charge < -0.3 is 5.32 Å². The fraction of sp³-hybridized carbons (Fsp3) is 0.571.